The smallest absolute Gasteiger partial charge is 0.0629 e. The maximum Gasteiger partial charge on any atom is 0.0629 e. The summed E-state index contributed by atoms with van der Waals surface area (Å²) >= 11 is 0. The normalized spacial score (nSPS) is 12.1. The lowest BCUT2D eigenvalue weighted by Gasteiger charge is -1.88. The molecule has 0 unspecified atom stereocenters. The van der Waals surface area contributed by atoms with Crippen molar-refractivity contribution < 1.29 is 0 Å². The lowest BCUT2D eigenvalue weighted by atomic mass is 10.3. The van der Waals surface area contributed by atoms with Gasteiger partial charge in [0, 0.05) is 6.21 Å². The first-order valence-corrected chi connectivity index (χ1v) is 5.32. The van der Waals surface area contributed by atoms with Crippen LogP contribution < -0.4 is 0 Å². The number of nitrogens with zero attached hydrogens (tertiary/aromatic N) is 1. The van der Waals surface area contributed by atoms with Crippen LogP contribution in [0.2, 0.25) is 0 Å². The molecule has 0 amide bonds. The van der Waals surface area contributed by atoms with E-state index in [0.29, 0.717) is 0 Å². The van der Waals surface area contributed by atoms with Gasteiger partial charge in [0.25, 0.3) is 0 Å². The van der Waals surface area contributed by atoms with Crippen molar-refractivity contribution in [2.75, 3.05) is 0 Å². The van der Waals surface area contributed by atoms with E-state index in [2.05, 4.69) is 30.1 Å². The minimum Gasteiger partial charge on any atom is -0.257 e. The summed E-state index contributed by atoms with van der Waals surface area (Å²) in [6.45, 7) is 2.14. The fourth-order valence-corrected chi connectivity index (χ4v) is 1.12. The Bertz CT molecular complexity index is 334. The molecule has 0 bridgehead atoms. The topological polar surface area (TPSA) is 12.4 Å². The Kier molecular flexibility index (Phi) is 5.91. The second kappa shape index (κ2) is 7.74. The first kappa shape index (κ1) is 11.4. The van der Waals surface area contributed by atoms with Gasteiger partial charge in [-0.15, -0.1) is 0 Å². The van der Waals surface area contributed by atoms with Gasteiger partial charge in [-0.3, -0.25) is 4.99 Å². The molecule has 0 aliphatic heterocycles. The van der Waals surface area contributed by atoms with Crippen molar-refractivity contribution in [1.29, 1.82) is 0 Å². The number of para-hydroxylation sites is 1. The fourth-order valence-electron chi connectivity index (χ4n) is 1.12. The van der Waals surface area contributed by atoms with Gasteiger partial charge in [-0.2, -0.15) is 0 Å². The lowest BCUT2D eigenvalue weighted by molar-refractivity contribution is 1.20. The molecule has 0 aliphatic rings. The molecule has 0 N–H and O–H groups in total. The number of allylic oxidation sites excluding steroid dienone is 4. The molecule has 0 saturated carbocycles. The van der Waals surface area contributed by atoms with Crippen molar-refractivity contribution >= 4 is 11.9 Å². The molecule has 0 spiro atoms. The van der Waals surface area contributed by atoms with E-state index in [-0.39, 0.29) is 0 Å². The third-order valence-corrected chi connectivity index (χ3v) is 1.88. The maximum atomic E-state index is 4.29. The second-order valence-corrected chi connectivity index (χ2v) is 3.16. The van der Waals surface area contributed by atoms with E-state index >= 15 is 0 Å². The van der Waals surface area contributed by atoms with Crippen molar-refractivity contribution in [2.24, 2.45) is 4.99 Å². The highest BCUT2D eigenvalue weighted by Gasteiger charge is 1.80. The number of aliphatic imine (C=N–C) groups is 1. The van der Waals surface area contributed by atoms with Gasteiger partial charge < -0.3 is 0 Å². The highest BCUT2D eigenvalue weighted by atomic mass is 14.7. The zero-order valence-electron chi connectivity index (χ0n) is 9.13. The monoisotopic (exact) mass is 199 g/mol. The van der Waals surface area contributed by atoms with Crippen molar-refractivity contribution in [3.05, 3.63) is 54.6 Å². The molecule has 1 nitrogen and oxygen atoms in total. The van der Waals surface area contributed by atoms with Gasteiger partial charge in [0.1, 0.15) is 0 Å². The number of hydrogen-bond donors (Lipinski definition) is 0. The third-order valence-electron chi connectivity index (χ3n) is 1.88. The first-order chi connectivity index (χ1) is 7.43. The summed E-state index contributed by atoms with van der Waals surface area (Å²) in [7, 11) is 0. The van der Waals surface area contributed by atoms with E-state index in [1.807, 2.05) is 42.6 Å². The number of rotatable bonds is 5. The molecule has 0 aromatic heterocycles. The molecule has 0 heterocycles. The first-order valence-electron chi connectivity index (χ1n) is 5.32. The van der Waals surface area contributed by atoms with Crippen LogP contribution in [0.5, 0.6) is 0 Å². The molecule has 15 heavy (non-hydrogen) atoms. The van der Waals surface area contributed by atoms with Gasteiger partial charge in [-0.1, -0.05) is 43.4 Å². The summed E-state index contributed by atoms with van der Waals surface area (Å²) in [5.74, 6) is 0. The van der Waals surface area contributed by atoms with Gasteiger partial charge in [-0.25, -0.2) is 0 Å². The summed E-state index contributed by atoms with van der Waals surface area (Å²) in [4.78, 5) is 4.29. The molecular formula is C14H17N. The molecule has 1 rings (SSSR count). The van der Waals surface area contributed by atoms with Crippen molar-refractivity contribution in [3.63, 3.8) is 0 Å². The summed E-state index contributed by atoms with van der Waals surface area (Å²) in [5, 5.41) is 0. The van der Waals surface area contributed by atoms with Crippen LogP contribution in [-0.2, 0) is 0 Å². The Morgan fingerprint density at radius 3 is 2.60 bits per heavy atom. The van der Waals surface area contributed by atoms with Gasteiger partial charge in [0.15, 0.2) is 0 Å². The van der Waals surface area contributed by atoms with Crippen LogP contribution in [-0.4, -0.2) is 6.21 Å². The number of benzene rings is 1. The van der Waals surface area contributed by atoms with Gasteiger partial charge >= 0.3 is 0 Å². The van der Waals surface area contributed by atoms with Crippen molar-refractivity contribution in [1.82, 2.24) is 0 Å². The maximum absolute atomic E-state index is 4.29. The molecule has 1 aromatic rings. The van der Waals surface area contributed by atoms with E-state index in [9.17, 15) is 0 Å². The molecule has 0 saturated heterocycles. The fraction of sp³-hybridized carbons (Fsp3) is 0.214. The minimum atomic E-state index is 0.981. The largest absolute Gasteiger partial charge is 0.257 e. The van der Waals surface area contributed by atoms with Crippen LogP contribution in [0.4, 0.5) is 5.69 Å². The minimum absolute atomic E-state index is 0.981. The molecule has 0 fully saturated rings. The second-order valence-electron chi connectivity index (χ2n) is 3.16. The van der Waals surface area contributed by atoms with Gasteiger partial charge in [-0.05, 0) is 31.1 Å². The Morgan fingerprint density at radius 1 is 1.07 bits per heavy atom. The quantitative estimate of drug-likeness (QED) is 0.495. The van der Waals surface area contributed by atoms with E-state index in [1.165, 1.54) is 0 Å². The van der Waals surface area contributed by atoms with Crippen LogP contribution in [0.1, 0.15) is 19.8 Å². The Balaban J connectivity index is 2.31. The van der Waals surface area contributed by atoms with E-state index in [1.54, 1.807) is 0 Å². The van der Waals surface area contributed by atoms with Crippen LogP contribution in [0.25, 0.3) is 0 Å². The highest BCUT2D eigenvalue weighted by Crippen LogP contribution is 2.08. The Morgan fingerprint density at radius 2 is 1.87 bits per heavy atom. The van der Waals surface area contributed by atoms with Crippen LogP contribution in [0.3, 0.4) is 0 Å². The average molecular weight is 199 g/mol. The predicted molar refractivity (Wildman–Crippen MR) is 67.8 cm³/mol. The molecule has 0 aliphatic carbocycles. The standard InChI is InChI=1S/C14H17N/c1-2-3-4-5-6-10-13-15-14-11-8-7-9-12-14/h3-4,6-13H,2,5H2,1H3/b4-3?,10-6+,15-13?. The molecule has 0 atom stereocenters. The van der Waals surface area contributed by atoms with E-state index < -0.39 is 0 Å². The predicted octanol–water partition coefficient (Wildman–Crippen LogP) is 4.30. The Hall–Kier alpha value is -1.63. The van der Waals surface area contributed by atoms with Crippen LogP contribution in [0, 0.1) is 0 Å². The summed E-state index contributed by atoms with van der Waals surface area (Å²) < 4.78 is 0. The van der Waals surface area contributed by atoms with E-state index in [4.69, 9.17) is 0 Å². The van der Waals surface area contributed by atoms with Gasteiger partial charge in [0.05, 0.1) is 5.69 Å². The zero-order valence-corrected chi connectivity index (χ0v) is 9.13. The van der Waals surface area contributed by atoms with Crippen molar-refractivity contribution in [2.45, 2.75) is 19.8 Å². The molecule has 78 valence electrons. The molecule has 0 radical (unpaired) electrons. The highest BCUT2D eigenvalue weighted by molar-refractivity contribution is 5.74. The van der Waals surface area contributed by atoms with Crippen molar-refractivity contribution in [3.8, 4) is 0 Å². The number of hydrogen-bond acceptors (Lipinski definition) is 1. The summed E-state index contributed by atoms with van der Waals surface area (Å²) in [6, 6.07) is 9.94. The van der Waals surface area contributed by atoms with Crippen LogP contribution >= 0.6 is 0 Å². The molecule has 1 aromatic carbocycles. The molecular weight excluding hydrogens is 182 g/mol. The summed E-state index contributed by atoms with van der Waals surface area (Å²) in [5.41, 5.74) is 0.992. The average Bonchev–Trinajstić information content (AvgIpc) is 2.29. The SMILES string of the molecule is CCC=CC/C=C/C=Nc1ccccc1. The van der Waals surface area contributed by atoms with Crippen LogP contribution in [0.15, 0.2) is 59.6 Å². The zero-order chi connectivity index (χ0) is 10.8. The van der Waals surface area contributed by atoms with E-state index in [0.717, 1.165) is 18.5 Å². The lowest BCUT2D eigenvalue weighted by Crippen LogP contribution is -1.66. The molecule has 1 heteroatoms. The summed E-state index contributed by atoms with van der Waals surface area (Å²) in [6.07, 6.45) is 12.3. The van der Waals surface area contributed by atoms with Gasteiger partial charge in [0.2, 0.25) is 0 Å². The Labute approximate surface area is 91.9 Å². The third kappa shape index (κ3) is 5.63.